The van der Waals surface area contributed by atoms with E-state index in [-0.39, 0.29) is 6.04 Å². The van der Waals surface area contributed by atoms with Gasteiger partial charge in [0.15, 0.2) is 0 Å². The molecule has 2 heterocycles. The lowest BCUT2D eigenvalue weighted by Gasteiger charge is -2.27. The van der Waals surface area contributed by atoms with Crippen LogP contribution >= 0.6 is 11.6 Å². The van der Waals surface area contributed by atoms with Gasteiger partial charge in [-0.25, -0.2) is 0 Å². The zero-order chi connectivity index (χ0) is 13.9. The standard InChI is InChI=1S/C14H18ClN5/c15-12-3-1-11(2-4-12)13(16)5-6-19-7-8-20-10-17-18-14(20)9-19/h1-4,10,13H,5-9,16H2. The molecule has 0 fully saturated rings. The third-order valence-electron chi connectivity index (χ3n) is 3.77. The summed E-state index contributed by atoms with van der Waals surface area (Å²) in [6.45, 7) is 3.81. The fourth-order valence-corrected chi connectivity index (χ4v) is 2.63. The molecule has 1 aromatic carbocycles. The normalized spacial score (nSPS) is 16.9. The van der Waals surface area contributed by atoms with Gasteiger partial charge in [0.1, 0.15) is 12.2 Å². The highest BCUT2D eigenvalue weighted by molar-refractivity contribution is 6.30. The number of rotatable bonds is 4. The number of aromatic nitrogens is 3. The Balaban J connectivity index is 1.54. The van der Waals surface area contributed by atoms with Crippen LogP contribution in [0, 0.1) is 0 Å². The number of benzene rings is 1. The summed E-state index contributed by atoms with van der Waals surface area (Å²) in [5, 5.41) is 8.81. The van der Waals surface area contributed by atoms with Gasteiger partial charge in [0.05, 0.1) is 6.54 Å². The van der Waals surface area contributed by atoms with E-state index in [1.54, 1.807) is 6.33 Å². The molecule has 6 heteroatoms. The van der Waals surface area contributed by atoms with E-state index in [0.29, 0.717) is 0 Å². The lowest BCUT2D eigenvalue weighted by molar-refractivity contribution is 0.210. The molecule has 0 spiro atoms. The Morgan fingerprint density at radius 1 is 1.25 bits per heavy atom. The Morgan fingerprint density at radius 3 is 2.85 bits per heavy atom. The van der Waals surface area contributed by atoms with Crippen LogP contribution in [0.2, 0.25) is 5.02 Å². The topological polar surface area (TPSA) is 60.0 Å². The second-order valence-corrected chi connectivity index (χ2v) is 5.60. The second-order valence-electron chi connectivity index (χ2n) is 5.16. The van der Waals surface area contributed by atoms with Crippen molar-refractivity contribution in [2.45, 2.75) is 25.6 Å². The fraction of sp³-hybridized carbons (Fsp3) is 0.429. The van der Waals surface area contributed by atoms with Gasteiger partial charge in [0.25, 0.3) is 0 Å². The van der Waals surface area contributed by atoms with E-state index < -0.39 is 0 Å². The minimum absolute atomic E-state index is 0.0482. The largest absolute Gasteiger partial charge is 0.324 e. The van der Waals surface area contributed by atoms with Crippen molar-refractivity contribution in [3.05, 3.63) is 47.0 Å². The van der Waals surface area contributed by atoms with Crippen LogP contribution in [0.4, 0.5) is 0 Å². The molecule has 1 atom stereocenters. The highest BCUT2D eigenvalue weighted by atomic mass is 35.5. The van der Waals surface area contributed by atoms with E-state index in [1.165, 1.54) is 0 Å². The lowest BCUT2D eigenvalue weighted by atomic mass is 10.0. The van der Waals surface area contributed by atoms with E-state index in [1.807, 2.05) is 24.3 Å². The van der Waals surface area contributed by atoms with Crippen molar-refractivity contribution in [2.75, 3.05) is 13.1 Å². The quantitative estimate of drug-likeness (QED) is 0.934. The average Bonchev–Trinajstić information content (AvgIpc) is 2.93. The number of hydrogen-bond acceptors (Lipinski definition) is 4. The fourth-order valence-electron chi connectivity index (χ4n) is 2.51. The zero-order valence-corrected chi connectivity index (χ0v) is 12.0. The van der Waals surface area contributed by atoms with Crippen LogP contribution in [-0.2, 0) is 13.1 Å². The Kier molecular flexibility index (Phi) is 4.00. The summed E-state index contributed by atoms with van der Waals surface area (Å²) in [5.41, 5.74) is 7.37. The molecule has 1 unspecified atom stereocenters. The first-order valence-electron chi connectivity index (χ1n) is 6.82. The van der Waals surface area contributed by atoms with Crippen LogP contribution in [0.1, 0.15) is 23.9 Å². The van der Waals surface area contributed by atoms with Gasteiger partial charge >= 0.3 is 0 Å². The van der Waals surface area contributed by atoms with E-state index in [2.05, 4.69) is 19.7 Å². The van der Waals surface area contributed by atoms with Gasteiger partial charge in [-0.05, 0) is 24.1 Å². The summed E-state index contributed by atoms with van der Waals surface area (Å²) in [6.07, 6.45) is 2.72. The zero-order valence-electron chi connectivity index (χ0n) is 11.2. The first-order valence-corrected chi connectivity index (χ1v) is 7.20. The van der Waals surface area contributed by atoms with Crippen LogP contribution in [0.15, 0.2) is 30.6 Å². The summed E-state index contributed by atoms with van der Waals surface area (Å²) >= 11 is 5.89. The highest BCUT2D eigenvalue weighted by Gasteiger charge is 2.18. The minimum atomic E-state index is 0.0482. The Bertz CT molecular complexity index is 565. The van der Waals surface area contributed by atoms with Crippen molar-refractivity contribution in [3.63, 3.8) is 0 Å². The van der Waals surface area contributed by atoms with Gasteiger partial charge in [0.2, 0.25) is 0 Å². The van der Waals surface area contributed by atoms with Crippen molar-refractivity contribution < 1.29 is 0 Å². The SMILES string of the molecule is NC(CCN1CCn2cnnc2C1)c1ccc(Cl)cc1. The monoisotopic (exact) mass is 291 g/mol. The minimum Gasteiger partial charge on any atom is -0.324 e. The maximum absolute atomic E-state index is 6.23. The van der Waals surface area contributed by atoms with Gasteiger partial charge in [-0.3, -0.25) is 4.90 Å². The molecular formula is C14H18ClN5. The number of nitrogens with zero attached hydrogens (tertiary/aromatic N) is 4. The maximum Gasteiger partial charge on any atom is 0.147 e. The maximum atomic E-state index is 6.23. The van der Waals surface area contributed by atoms with Crippen LogP contribution in [0.25, 0.3) is 0 Å². The van der Waals surface area contributed by atoms with Gasteiger partial charge in [-0.2, -0.15) is 0 Å². The molecule has 0 aliphatic carbocycles. The number of fused-ring (bicyclic) bond motifs is 1. The number of nitrogens with two attached hydrogens (primary N) is 1. The molecule has 0 saturated carbocycles. The third kappa shape index (κ3) is 3.00. The van der Waals surface area contributed by atoms with Crippen LogP contribution < -0.4 is 5.73 Å². The summed E-state index contributed by atoms with van der Waals surface area (Å²) in [7, 11) is 0. The first-order chi connectivity index (χ1) is 9.72. The van der Waals surface area contributed by atoms with Crippen molar-refractivity contribution >= 4 is 11.6 Å². The first kappa shape index (κ1) is 13.5. The molecule has 0 bridgehead atoms. The average molecular weight is 292 g/mol. The second kappa shape index (κ2) is 5.91. The lowest BCUT2D eigenvalue weighted by Crippen LogP contribution is -2.35. The molecule has 1 aromatic heterocycles. The van der Waals surface area contributed by atoms with Gasteiger partial charge in [0, 0.05) is 30.7 Å². The third-order valence-corrected chi connectivity index (χ3v) is 4.02. The molecule has 0 saturated heterocycles. The van der Waals surface area contributed by atoms with Crippen molar-refractivity contribution in [2.24, 2.45) is 5.73 Å². The van der Waals surface area contributed by atoms with Gasteiger partial charge in [-0.1, -0.05) is 23.7 Å². The number of halogens is 1. The molecule has 1 aliphatic heterocycles. The van der Waals surface area contributed by atoms with E-state index >= 15 is 0 Å². The molecule has 5 nitrogen and oxygen atoms in total. The summed E-state index contributed by atoms with van der Waals surface area (Å²) < 4.78 is 2.11. The Labute approximate surface area is 123 Å². The Hall–Kier alpha value is -1.43. The van der Waals surface area contributed by atoms with Crippen LogP contribution in [0.5, 0.6) is 0 Å². The van der Waals surface area contributed by atoms with E-state index in [9.17, 15) is 0 Å². The summed E-state index contributed by atoms with van der Waals surface area (Å²) in [5.74, 6) is 1.04. The molecule has 20 heavy (non-hydrogen) atoms. The van der Waals surface area contributed by atoms with Crippen molar-refractivity contribution in [1.82, 2.24) is 19.7 Å². The highest BCUT2D eigenvalue weighted by Crippen LogP contribution is 2.18. The molecule has 0 amide bonds. The summed E-state index contributed by atoms with van der Waals surface area (Å²) in [6, 6.07) is 7.83. The summed E-state index contributed by atoms with van der Waals surface area (Å²) in [4.78, 5) is 2.37. The van der Waals surface area contributed by atoms with E-state index in [4.69, 9.17) is 17.3 Å². The van der Waals surface area contributed by atoms with E-state index in [0.717, 1.165) is 49.0 Å². The molecule has 2 aromatic rings. The molecule has 0 radical (unpaired) electrons. The predicted molar refractivity (Wildman–Crippen MR) is 78.3 cm³/mol. The van der Waals surface area contributed by atoms with Gasteiger partial charge < -0.3 is 10.3 Å². The van der Waals surface area contributed by atoms with Crippen molar-refractivity contribution in [1.29, 1.82) is 0 Å². The van der Waals surface area contributed by atoms with Gasteiger partial charge in [-0.15, -0.1) is 10.2 Å². The molecule has 3 rings (SSSR count). The molecular weight excluding hydrogens is 274 g/mol. The predicted octanol–water partition coefficient (Wildman–Crippen LogP) is 1.84. The smallest absolute Gasteiger partial charge is 0.147 e. The Morgan fingerprint density at radius 2 is 2.05 bits per heavy atom. The molecule has 2 N–H and O–H groups in total. The molecule has 106 valence electrons. The van der Waals surface area contributed by atoms with Crippen molar-refractivity contribution in [3.8, 4) is 0 Å². The molecule has 1 aliphatic rings. The van der Waals surface area contributed by atoms with Crippen LogP contribution in [-0.4, -0.2) is 32.8 Å². The van der Waals surface area contributed by atoms with Crippen LogP contribution in [0.3, 0.4) is 0 Å². The number of hydrogen-bond donors (Lipinski definition) is 1.